The largest absolute Gasteiger partial charge is 0.503 e. The molecule has 2 amide bonds. The molecular weight excluding hydrogens is 532 g/mol. The van der Waals surface area contributed by atoms with Crippen molar-refractivity contribution in [3.05, 3.63) is 64.2 Å². The number of hydrogen-bond donors (Lipinski definition) is 2. The van der Waals surface area contributed by atoms with Crippen LogP contribution in [-0.2, 0) is 22.6 Å². The third-order valence-electron chi connectivity index (χ3n) is 7.74. The molecule has 1 saturated carbocycles. The van der Waals surface area contributed by atoms with Crippen LogP contribution < -0.4 is 4.74 Å². The Balaban J connectivity index is 0.00000103. The molecule has 2 aromatic rings. The van der Waals surface area contributed by atoms with Gasteiger partial charge in [0.2, 0.25) is 11.8 Å². The highest BCUT2D eigenvalue weighted by atomic mass is 35.5. The highest BCUT2D eigenvalue weighted by molar-refractivity contribution is 6.30. The van der Waals surface area contributed by atoms with Crippen molar-refractivity contribution in [2.45, 2.75) is 77.8 Å². The fraction of sp³-hybridized carbons (Fsp3) is 0.516. The van der Waals surface area contributed by atoms with Crippen LogP contribution in [0.2, 0.25) is 5.02 Å². The molecular formula is C31H41ClN2O6. The number of ether oxygens (including phenoxy) is 1. The van der Waals surface area contributed by atoms with E-state index in [9.17, 15) is 9.59 Å². The Labute approximate surface area is 241 Å². The molecule has 9 heteroatoms. The van der Waals surface area contributed by atoms with Crippen molar-refractivity contribution < 1.29 is 29.3 Å². The fourth-order valence-electron chi connectivity index (χ4n) is 5.51. The lowest BCUT2D eigenvalue weighted by molar-refractivity contribution is -0.138. The van der Waals surface area contributed by atoms with E-state index >= 15 is 0 Å². The molecule has 2 aliphatic rings. The van der Waals surface area contributed by atoms with E-state index in [-0.39, 0.29) is 11.8 Å². The molecule has 0 radical (unpaired) electrons. The SMILES string of the molecule is CCc1cc(CN(CC2CCCCC2)[C@@H](C)c2ccc(Cl)cc2)ccc1OCCN1C(=O)CCC1=O.O=C(O)O. The molecule has 1 aliphatic heterocycles. The van der Waals surface area contributed by atoms with E-state index in [1.165, 1.54) is 48.1 Å². The minimum absolute atomic E-state index is 0.0949. The second-order valence-electron chi connectivity index (χ2n) is 10.5. The number of carbonyl (C=O) groups is 3. The van der Waals surface area contributed by atoms with Crippen molar-refractivity contribution in [3.63, 3.8) is 0 Å². The molecule has 218 valence electrons. The monoisotopic (exact) mass is 572 g/mol. The summed E-state index contributed by atoms with van der Waals surface area (Å²) in [6.07, 6.45) is 6.35. The third-order valence-corrected chi connectivity index (χ3v) is 7.99. The number of benzene rings is 2. The number of nitrogens with zero attached hydrogens (tertiary/aromatic N) is 2. The van der Waals surface area contributed by atoms with Crippen molar-refractivity contribution in [1.82, 2.24) is 9.80 Å². The predicted octanol–water partition coefficient (Wildman–Crippen LogP) is 6.80. The Morgan fingerprint density at radius 2 is 1.68 bits per heavy atom. The summed E-state index contributed by atoms with van der Waals surface area (Å²) in [7, 11) is 0. The van der Waals surface area contributed by atoms with Crippen LogP contribution in [0.5, 0.6) is 5.75 Å². The van der Waals surface area contributed by atoms with Crippen LogP contribution in [0.1, 0.15) is 81.5 Å². The first-order chi connectivity index (χ1) is 19.2. The molecule has 2 N–H and O–H groups in total. The molecule has 0 aromatic heterocycles. The smallest absolute Gasteiger partial charge is 0.491 e. The predicted molar refractivity (Wildman–Crippen MR) is 155 cm³/mol. The highest BCUT2D eigenvalue weighted by Crippen LogP contribution is 2.31. The first-order valence-electron chi connectivity index (χ1n) is 14.2. The number of amides is 2. The maximum atomic E-state index is 11.9. The average Bonchev–Trinajstić information content (AvgIpc) is 3.26. The van der Waals surface area contributed by atoms with Gasteiger partial charge in [-0.05, 0) is 67.0 Å². The number of carboxylic acid groups (broad SMARTS) is 2. The van der Waals surface area contributed by atoms with Gasteiger partial charge >= 0.3 is 6.16 Å². The highest BCUT2D eigenvalue weighted by Gasteiger charge is 2.28. The van der Waals surface area contributed by atoms with Gasteiger partial charge in [-0.1, -0.05) is 62.1 Å². The summed E-state index contributed by atoms with van der Waals surface area (Å²) in [6.45, 7) is 7.05. The summed E-state index contributed by atoms with van der Waals surface area (Å²) in [4.78, 5) is 36.2. The lowest BCUT2D eigenvalue weighted by atomic mass is 9.88. The Hall–Kier alpha value is -3.10. The van der Waals surface area contributed by atoms with Crippen molar-refractivity contribution >= 4 is 29.6 Å². The van der Waals surface area contributed by atoms with Crippen LogP contribution in [0.15, 0.2) is 42.5 Å². The van der Waals surface area contributed by atoms with Crippen LogP contribution in [0, 0.1) is 5.92 Å². The minimum Gasteiger partial charge on any atom is -0.491 e. The number of imide groups is 1. The van der Waals surface area contributed by atoms with E-state index in [2.05, 4.69) is 43.0 Å². The minimum atomic E-state index is -1.83. The first kappa shape index (κ1) is 31.4. The number of carbonyl (C=O) groups excluding carboxylic acids is 2. The van der Waals surface area contributed by atoms with Crippen molar-refractivity contribution in [3.8, 4) is 5.75 Å². The molecule has 8 nitrogen and oxygen atoms in total. The van der Waals surface area contributed by atoms with Gasteiger partial charge in [0.05, 0.1) is 6.54 Å². The fourth-order valence-corrected chi connectivity index (χ4v) is 5.64. The number of aryl methyl sites for hydroxylation is 1. The molecule has 0 unspecified atom stereocenters. The van der Waals surface area contributed by atoms with Gasteiger partial charge in [-0.2, -0.15) is 0 Å². The standard InChI is InChI=1S/C30H39ClN2O3.CH2O3/c1-3-25-19-24(9-14-28(25)36-18-17-33-29(34)15-16-30(33)35)21-32(20-23-7-5-4-6-8-23)22(2)26-10-12-27(31)13-11-26;2-1(3)4/h9-14,19,22-23H,3-8,15-18,20-21H2,1-2H3;(H2,2,3,4)/t22-;/m0./s1. The van der Waals surface area contributed by atoms with Crippen LogP contribution in [0.3, 0.4) is 0 Å². The van der Waals surface area contributed by atoms with Gasteiger partial charge in [0.1, 0.15) is 12.4 Å². The lowest BCUT2D eigenvalue weighted by Gasteiger charge is -2.34. The Morgan fingerprint density at radius 3 is 2.27 bits per heavy atom. The summed E-state index contributed by atoms with van der Waals surface area (Å²) in [5.41, 5.74) is 3.72. The van der Waals surface area contributed by atoms with Crippen LogP contribution in [0.25, 0.3) is 0 Å². The van der Waals surface area contributed by atoms with Gasteiger partial charge in [-0.15, -0.1) is 0 Å². The van der Waals surface area contributed by atoms with E-state index in [1.807, 2.05) is 18.2 Å². The normalized spacial score (nSPS) is 16.6. The van der Waals surface area contributed by atoms with Crippen molar-refractivity contribution in [1.29, 1.82) is 0 Å². The molecule has 1 heterocycles. The molecule has 2 fully saturated rings. The lowest BCUT2D eigenvalue weighted by Crippen LogP contribution is -2.33. The summed E-state index contributed by atoms with van der Waals surface area (Å²) in [5, 5.41) is 14.7. The Kier molecular flexibility index (Phi) is 12.3. The van der Waals surface area contributed by atoms with Gasteiger partial charge in [0, 0.05) is 37.0 Å². The number of hydrogen-bond acceptors (Lipinski definition) is 5. The van der Waals surface area contributed by atoms with Gasteiger partial charge < -0.3 is 14.9 Å². The van der Waals surface area contributed by atoms with Gasteiger partial charge in [0.15, 0.2) is 0 Å². The van der Waals surface area contributed by atoms with Crippen LogP contribution in [-0.4, -0.2) is 57.7 Å². The molecule has 40 heavy (non-hydrogen) atoms. The topological polar surface area (TPSA) is 107 Å². The van der Waals surface area contributed by atoms with Crippen molar-refractivity contribution in [2.75, 3.05) is 19.7 Å². The maximum Gasteiger partial charge on any atom is 0.503 e. The van der Waals surface area contributed by atoms with E-state index in [1.54, 1.807) is 0 Å². The zero-order valence-corrected chi connectivity index (χ0v) is 24.2. The van der Waals surface area contributed by atoms with Gasteiger partial charge in [-0.25, -0.2) is 4.79 Å². The van der Waals surface area contributed by atoms with E-state index in [0.29, 0.717) is 32.0 Å². The second kappa shape index (κ2) is 15.6. The van der Waals surface area contributed by atoms with E-state index < -0.39 is 6.16 Å². The molecule has 4 rings (SSSR count). The Morgan fingerprint density at radius 1 is 1.05 bits per heavy atom. The number of likely N-dealkylation sites (tertiary alicyclic amines) is 1. The summed E-state index contributed by atoms with van der Waals surface area (Å²) < 4.78 is 6.02. The van der Waals surface area contributed by atoms with Gasteiger partial charge in [0.25, 0.3) is 0 Å². The Bertz CT molecular complexity index is 1110. The summed E-state index contributed by atoms with van der Waals surface area (Å²) in [5.74, 6) is 1.40. The molecule has 0 bridgehead atoms. The van der Waals surface area contributed by atoms with Crippen molar-refractivity contribution in [2.24, 2.45) is 5.92 Å². The number of halogens is 1. The molecule has 2 aromatic carbocycles. The van der Waals surface area contributed by atoms with E-state index in [4.69, 9.17) is 31.3 Å². The summed E-state index contributed by atoms with van der Waals surface area (Å²) >= 11 is 6.16. The first-order valence-corrected chi connectivity index (χ1v) is 14.5. The second-order valence-corrected chi connectivity index (χ2v) is 11.0. The molecule has 0 spiro atoms. The van der Waals surface area contributed by atoms with Crippen LogP contribution >= 0.6 is 11.6 Å². The molecule has 1 atom stereocenters. The summed E-state index contributed by atoms with van der Waals surface area (Å²) in [6, 6.07) is 15.0. The van der Waals surface area contributed by atoms with Gasteiger partial charge in [-0.3, -0.25) is 19.4 Å². The quantitative estimate of drug-likeness (QED) is 0.285. The average molecular weight is 573 g/mol. The zero-order chi connectivity index (χ0) is 29.1. The third kappa shape index (κ3) is 9.52. The molecule has 1 aliphatic carbocycles. The van der Waals surface area contributed by atoms with Crippen LogP contribution in [0.4, 0.5) is 4.79 Å². The zero-order valence-electron chi connectivity index (χ0n) is 23.5. The van der Waals surface area contributed by atoms with E-state index in [0.717, 1.165) is 41.8 Å². The molecule has 1 saturated heterocycles. The maximum absolute atomic E-state index is 11.9. The number of rotatable bonds is 11.